The maximum Gasteiger partial charge on any atom is 0.0999 e. The summed E-state index contributed by atoms with van der Waals surface area (Å²) < 4.78 is 0. The lowest BCUT2D eigenvalue weighted by Gasteiger charge is -1.99. The van der Waals surface area contributed by atoms with Crippen molar-refractivity contribution in [3.05, 3.63) is 48.5 Å². The number of H-pyrrole nitrogens is 1. The summed E-state index contributed by atoms with van der Waals surface area (Å²) in [5, 5.41) is 8.62. The van der Waals surface area contributed by atoms with E-state index in [2.05, 4.69) is 46.8 Å². The molecule has 1 N–H and O–H groups in total. The predicted octanol–water partition coefficient (Wildman–Crippen LogP) is 3.95. The summed E-state index contributed by atoms with van der Waals surface area (Å²) in [6.07, 6.45) is 2.08. The van der Waals surface area contributed by atoms with E-state index in [1.165, 1.54) is 10.3 Å². The van der Waals surface area contributed by atoms with E-state index >= 15 is 0 Å². The van der Waals surface area contributed by atoms with Gasteiger partial charge in [0.05, 0.1) is 11.2 Å². The van der Waals surface area contributed by atoms with Crippen molar-refractivity contribution < 1.29 is 0 Å². The van der Waals surface area contributed by atoms with Crippen molar-refractivity contribution in [2.24, 2.45) is 0 Å². The molecule has 1 aromatic heterocycles. The lowest BCUT2D eigenvalue weighted by Crippen LogP contribution is -1.79. The molecule has 2 aromatic carbocycles. The normalized spacial score (nSPS) is 10.9. The highest BCUT2D eigenvalue weighted by Crippen LogP contribution is 2.27. The molecule has 0 aliphatic carbocycles. The van der Waals surface area contributed by atoms with Crippen molar-refractivity contribution >= 4 is 22.7 Å². The van der Waals surface area contributed by atoms with E-state index in [1.807, 2.05) is 18.2 Å². The molecule has 3 rings (SSSR count). The minimum Gasteiger partial charge on any atom is -0.277 e. The van der Waals surface area contributed by atoms with Crippen LogP contribution < -0.4 is 0 Å². The van der Waals surface area contributed by atoms with Gasteiger partial charge in [0, 0.05) is 15.8 Å². The molecule has 3 heteroatoms. The van der Waals surface area contributed by atoms with Gasteiger partial charge in [-0.3, -0.25) is 5.10 Å². The molecule has 0 atom stereocenters. The fourth-order valence-electron chi connectivity index (χ4n) is 1.93. The van der Waals surface area contributed by atoms with E-state index in [0.717, 1.165) is 16.8 Å². The third-order valence-corrected chi connectivity index (χ3v) is 3.58. The van der Waals surface area contributed by atoms with Crippen LogP contribution in [0.3, 0.4) is 0 Å². The molecule has 1 heterocycles. The fraction of sp³-hybridized carbons (Fsp3) is 0.0714. The Morgan fingerprint density at radius 3 is 2.53 bits per heavy atom. The summed E-state index contributed by atoms with van der Waals surface area (Å²) in [6.45, 7) is 0. The molecule has 0 radical (unpaired) electrons. The van der Waals surface area contributed by atoms with Crippen LogP contribution in [0.25, 0.3) is 22.2 Å². The second-order valence-corrected chi connectivity index (χ2v) is 4.73. The standard InChI is InChI=1S/C14H12N2S/c1-17-11-8-6-10(7-9-11)14-12-4-2-3-5-13(12)15-16-14/h2-9H,1H3,(H,15,16). The highest BCUT2D eigenvalue weighted by atomic mass is 32.2. The number of thioether (sulfide) groups is 1. The number of nitrogens with zero attached hydrogens (tertiary/aromatic N) is 1. The first-order valence-corrected chi connectivity index (χ1v) is 6.68. The van der Waals surface area contributed by atoms with Crippen LogP contribution >= 0.6 is 11.8 Å². The number of aromatic amines is 1. The number of benzene rings is 2. The Kier molecular flexibility index (Phi) is 2.61. The van der Waals surface area contributed by atoms with E-state index in [0.29, 0.717) is 0 Å². The third-order valence-electron chi connectivity index (χ3n) is 2.83. The maximum absolute atomic E-state index is 4.39. The van der Waals surface area contributed by atoms with Gasteiger partial charge in [-0.2, -0.15) is 5.10 Å². The number of nitrogens with one attached hydrogen (secondary N) is 1. The summed E-state index contributed by atoms with van der Waals surface area (Å²) in [7, 11) is 0. The molecule has 2 nitrogen and oxygen atoms in total. The number of para-hydroxylation sites is 1. The first-order valence-electron chi connectivity index (χ1n) is 5.46. The van der Waals surface area contributed by atoms with E-state index in [9.17, 15) is 0 Å². The van der Waals surface area contributed by atoms with Crippen LogP contribution in [0.2, 0.25) is 0 Å². The van der Waals surface area contributed by atoms with Crippen LogP contribution in [0.1, 0.15) is 0 Å². The van der Waals surface area contributed by atoms with Crippen LogP contribution in [-0.2, 0) is 0 Å². The van der Waals surface area contributed by atoms with E-state index < -0.39 is 0 Å². The molecule has 17 heavy (non-hydrogen) atoms. The summed E-state index contributed by atoms with van der Waals surface area (Å²) >= 11 is 1.75. The lowest BCUT2D eigenvalue weighted by atomic mass is 10.1. The summed E-state index contributed by atoms with van der Waals surface area (Å²) in [5.41, 5.74) is 3.25. The zero-order valence-corrected chi connectivity index (χ0v) is 10.3. The smallest absolute Gasteiger partial charge is 0.0999 e. The molecule has 0 saturated heterocycles. The SMILES string of the molecule is CSc1ccc(-c2n[nH]c3ccccc23)cc1. The van der Waals surface area contributed by atoms with E-state index in [-0.39, 0.29) is 0 Å². The molecule has 3 aromatic rings. The molecule has 0 amide bonds. The molecule has 0 bridgehead atoms. The van der Waals surface area contributed by atoms with Gasteiger partial charge < -0.3 is 0 Å². The number of rotatable bonds is 2. The Morgan fingerprint density at radius 1 is 1.00 bits per heavy atom. The van der Waals surface area contributed by atoms with Crippen LogP contribution in [-0.4, -0.2) is 16.5 Å². The topological polar surface area (TPSA) is 28.7 Å². The Bertz CT molecular complexity index is 641. The minimum atomic E-state index is 1.02. The third kappa shape index (κ3) is 1.83. The minimum absolute atomic E-state index is 1.02. The van der Waals surface area contributed by atoms with Crippen molar-refractivity contribution in [1.82, 2.24) is 10.2 Å². The van der Waals surface area contributed by atoms with Crippen molar-refractivity contribution in [2.75, 3.05) is 6.26 Å². The molecule has 0 spiro atoms. The molecule has 0 aliphatic rings. The van der Waals surface area contributed by atoms with Gasteiger partial charge >= 0.3 is 0 Å². The molecular weight excluding hydrogens is 228 g/mol. The van der Waals surface area contributed by atoms with Gasteiger partial charge in [-0.25, -0.2) is 0 Å². The van der Waals surface area contributed by atoms with E-state index in [4.69, 9.17) is 0 Å². The van der Waals surface area contributed by atoms with Gasteiger partial charge in [-0.05, 0) is 24.5 Å². The van der Waals surface area contributed by atoms with Gasteiger partial charge in [-0.15, -0.1) is 11.8 Å². The zero-order chi connectivity index (χ0) is 11.7. The lowest BCUT2D eigenvalue weighted by molar-refractivity contribution is 1.12. The van der Waals surface area contributed by atoms with Crippen molar-refractivity contribution in [1.29, 1.82) is 0 Å². The largest absolute Gasteiger partial charge is 0.277 e. The van der Waals surface area contributed by atoms with E-state index in [1.54, 1.807) is 11.8 Å². The van der Waals surface area contributed by atoms with Crippen LogP contribution in [0, 0.1) is 0 Å². The predicted molar refractivity (Wildman–Crippen MR) is 73.3 cm³/mol. The monoisotopic (exact) mass is 240 g/mol. The number of hydrogen-bond acceptors (Lipinski definition) is 2. The van der Waals surface area contributed by atoms with Crippen LogP contribution in [0.4, 0.5) is 0 Å². The molecule has 0 saturated carbocycles. The molecule has 0 fully saturated rings. The second-order valence-electron chi connectivity index (χ2n) is 3.85. The van der Waals surface area contributed by atoms with Gasteiger partial charge in [0.25, 0.3) is 0 Å². The number of fused-ring (bicyclic) bond motifs is 1. The summed E-state index contributed by atoms with van der Waals surface area (Å²) in [5.74, 6) is 0. The van der Waals surface area contributed by atoms with Gasteiger partial charge in [0.15, 0.2) is 0 Å². The Balaban J connectivity index is 2.13. The average Bonchev–Trinajstić information content (AvgIpc) is 2.83. The summed E-state index contributed by atoms with van der Waals surface area (Å²) in [6, 6.07) is 16.7. The molecule has 0 aliphatic heterocycles. The van der Waals surface area contributed by atoms with Crippen molar-refractivity contribution in [3.63, 3.8) is 0 Å². The first kappa shape index (κ1) is 10.4. The van der Waals surface area contributed by atoms with Crippen molar-refractivity contribution in [2.45, 2.75) is 4.90 Å². The summed E-state index contributed by atoms with van der Waals surface area (Å²) in [4.78, 5) is 1.27. The number of hydrogen-bond donors (Lipinski definition) is 1. The average molecular weight is 240 g/mol. The zero-order valence-electron chi connectivity index (χ0n) is 9.47. The molecule has 0 unspecified atom stereocenters. The van der Waals surface area contributed by atoms with Gasteiger partial charge in [-0.1, -0.05) is 30.3 Å². The fourth-order valence-corrected chi connectivity index (χ4v) is 2.34. The highest BCUT2D eigenvalue weighted by molar-refractivity contribution is 7.98. The Morgan fingerprint density at radius 2 is 1.76 bits per heavy atom. The van der Waals surface area contributed by atoms with Crippen molar-refractivity contribution in [3.8, 4) is 11.3 Å². The highest BCUT2D eigenvalue weighted by Gasteiger charge is 2.06. The Hall–Kier alpha value is -1.74. The molecular formula is C14H12N2S. The van der Waals surface area contributed by atoms with Crippen LogP contribution in [0.15, 0.2) is 53.4 Å². The Labute approximate surface area is 104 Å². The van der Waals surface area contributed by atoms with Gasteiger partial charge in [0.2, 0.25) is 0 Å². The quantitative estimate of drug-likeness (QED) is 0.687. The van der Waals surface area contributed by atoms with Crippen LogP contribution in [0.5, 0.6) is 0 Å². The second kappa shape index (κ2) is 4.26. The van der Waals surface area contributed by atoms with Gasteiger partial charge in [0.1, 0.15) is 0 Å². The molecule has 84 valence electrons. The maximum atomic E-state index is 4.39. The first-order chi connectivity index (χ1) is 8.38. The number of aromatic nitrogens is 2.